The molecule has 0 saturated heterocycles. The maximum atomic E-state index is 6.92. The Kier molecular flexibility index (Phi) is 6.07. The van der Waals surface area contributed by atoms with Crippen molar-refractivity contribution in [2.24, 2.45) is 0 Å². The van der Waals surface area contributed by atoms with E-state index >= 15 is 0 Å². The number of nitrogens with zero attached hydrogens (tertiary/aromatic N) is 2. The first-order chi connectivity index (χ1) is 25.2. The highest BCUT2D eigenvalue weighted by Gasteiger charge is 2.44. The maximum absolute atomic E-state index is 6.92. The van der Waals surface area contributed by atoms with E-state index in [4.69, 9.17) is 4.42 Å². The molecule has 0 unspecified atom stereocenters. The van der Waals surface area contributed by atoms with Crippen molar-refractivity contribution >= 4 is 78.6 Å². The highest BCUT2D eigenvalue weighted by molar-refractivity contribution is 6.90. The second kappa shape index (κ2) is 10.8. The van der Waals surface area contributed by atoms with Crippen molar-refractivity contribution in [2.75, 3.05) is 4.90 Å². The Morgan fingerprint density at radius 1 is 0.647 bits per heavy atom. The Morgan fingerprint density at radius 3 is 2.33 bits per heavy atom. The monoisotopic (exact) mass is 654 g/mol. The molecule has 4 heterocycles. The van der Waals surface area contributed by atoms with E-state index in [2.05, 4.69) is 163 Å². The van der Waals surface area contributed by atoms with Crippen LogP contribution in [0.1, 0.15) is 30.9 Å². The van der Waals surface area contributed by atoms with Crippen LogP contribution < -0.4 is 15.8 Å². The molecule has 51 heavy (non-hydrogen) atoms. The SMILES string of the molecule is CCCCc1cc(C)cc(N2c3ccc(-c4ccccc4)cc3B3c4c2cc2c(oc5ccccc52)c4-c2cccc4c5ccccc5n3c24)c1. The van der Waals surface area contributed by atoms with Gasteiger partial charge in [0.25, 0.3) is 0 Å². The third-order valence-electron chi connectivity index (χ3n) is 11.3. The van der Waals surface area contributed by atoms with Crippen molar-refractivity contribution in [3.8, 4) is 22.3 Å². The second-order valence-corrected chi connectivity index (χ2v) is 14.4. The van der Waals surface area contributed by atoms with Crippen molar-refractivity contribution in [1.29, 1.82) is 0 Å². The van der Waals surface area contributed by atoms with E-state index in [0.29, 0.717) is 0 Å². The summed E-state index contributed by atoms with van der Waals surface area (Å²) in [7, 11) is 0. The fourth-order valence-electron chi connectivity index (χ4n) is 9.22. The van der Waals surface area contributed by atoms with Crippen molar-refractivity contribution in [3.05, 3.63) is 151 Å². The van der Waals surface area contributed by atoms with Crippen molar-refractivity contribution in [3.63, 3.8) is 0 Å². The summed E-state index contributed by atoms with van der Waals surface area (Å²) in [5.41, 5.74) is 18.3. The van der Waals surface area contributed by atoms with Crippen LogP contribution in [-0.2, 0) is 6.42 Å². The van der Waals surface area contributed by atoms with E-state index in [9.17, 15) is 0 Å². The van der Waals surface area contributed by atoms with Crippen LogP contribution in [0.5, 0.6) is 0 Å². The van der Waals surface area contributed by atoms with Crippen LogP contribution in [0.2, 0.25) is 0 Å². The molecule has 0 amide bonds. The predicted molar refractivity (Wildman–Crippen MR) is 216 cm³/mol. The molecule has 242 valence electrons. The predicted octanol–water partition coefficient (Wildman–Crippen LogP) is 11.4. The van der Waals surface area contributed by atoms with Gasteiger partial charge in [0.2, 0.25) is 0 Å². The summed E-state index contributed by atoms with van der Waals surface area (Å²) >= 11 is 0. The van der Waals surface area contributed by atoms with Gasteiger partial charge in [-0.15, -0.1) is 0 Å². The molecule has 0 fully saturated rings. The number of furan rings is 1. The molecule has 0 saturated carbocycles. The molecule has 0 atom stereocenters. The molecule has 0 bridgehead atoms. The number of aryl methyl sites for hydroxylation is 2. The van der Waals surface area contributed by atoms with E-state index < -0.39 is 0 Å². The smallest absolute Gasteiger partial charge is 0.333 e. The number of unbranched alkanes of at least 4 members (excludes halogenated alkanes) is 1. The Hall–Kier alpha value is -6.00. The Morgan fingerprint density at radius 2 is 1.45 bits per heavy atom. The third kappa shape index (κ3) is 4.02. The topological polar surface area (TPSA) is 21.3 Å². The number of anilines is 3. The molecular formula is C47H35BN2O. The number of fused-ring (bicyclic) bond motifs is 11. The number of aromatic nitrogens is 1. The average molecular weight is 655 g/mol. The summed E-state index contributed by atoms with van der Waals surface area (Å²) in [6.45, 7) is 4.47. The molecule has 2 aliphatic rings. The van der Waals surface area contributed by atoms with Crippen molar-refractivity contribution < 1.29 is 4.42 Å². The average Bonchev–Trinajstić information content (AvgIpc) is 3.71. The molecular weight excluding hydrogens is 619 g/mol. The fraction of sp³-hybridized carbons (Fsp3) is 0.106. The summed E-state index contributed by atoms with van der Waals surface area (Å²) in [6, 6.07) is 51.8. The van der Waals surface area contributed by atoms with Gasteiger partial charge >= 0.3 is 6.85 Å². The lowest BCUT2D eigenvalue weighted by atomic mass is 9.44. The van der Waals surface area contributed by atoms with Crippen LogP contribution in [-0.4, -0.2) is 11.3 Å². The lowest BCUT2D eigenvalue weighted by Crippen LogP contribution is -2.56. The molecule has 0 spiro atoms. The molecule has 2 aliphatic heterocycles. The van der Waals surface area contributed by atoms with E-state index in [0.717, 1.165) is 28.4 Å². The molecule has 4 heteroatoms. The fourth-order valence-corrected chi connectivity index (χ4v) is 9.22. The van der Waals surface area contributed by atoms with Gasteiger partial charge in [-0.2, -0.15) is 0 Å². The van der Waals surface area contributed by atoms with Crippen LogP contribution >= 0.6 is 0 Å². The minimum absolute atomic E-state index is 0.0517. The summed E-state index contributed by atoms with van der Waals surface area (Å²) in [4.78, 5) is 2.56. The molecule has 0 N–H and O–H groups in total. The normalized spacial score (nSPS) is 13.1. The molecule has 0 radical (unpaired) electrons. The summed E-state index contributed by atoms with van der Waals surface area (Å²) in [5.74, 6) is 0. The molecule has 0 aliphatic carbocycles. The Labute approximate surface area is 297 Å². The number of para-hydroxylation sites is 3. The first-order valence-corrected chi connectivity index (χ1v) is 18.3. The number of rotatable bonds is 5. The van der Waals surface area contributed by atoms with Gasteiger partial charge in [-0.1, -0.05) is 116 Å². The van der Waals surface area contributed by atoms with Crippen LogP contribution in [0.15, 0.2) is 144 Å². The first-order valence-electron chi connectivity index (χ1n) is 18.3. The zero-order valence-corrected chi connectivity index (χ0v) is 28.8. The molecule has 2 aromatic heterocycles. The maximum Gasteiger partial charge on any atom is 0.333 e. The summed E-state index contributed by atoms with van der Waals surface area (Å²) in [5, 5.41) is 4.88. The van der Waals surface area contributed by atoms with Gasteiger partial charge in [0.05, 0.1) is 0 Å². The Bertz CT molecular complexity index is 2880. The van der Waals surface area contributed by atoms with Gasteiger partial charge in [-0.05, 0) is 89.3 Å². The quantitative estimate of drug-likeness (QED) is 0.172. The minimum Gasteiger partial charge on any atom is -0.455 e. The van der Waals surface area contributed by atoms with Crippen molar-refractivity contribution in [2.45, 2.75) is 33.1 Å². The number of benzene rings is 7. The highest BCUT2D eigenvalue weighted by atomic mass is 16.3. The largest absolute Gasteiger partial charge is 0.455 e. The van der Waals surface area contributed by atoms with Gasteiger partial charge in [0, 0.05) is 60.8 Å². The van der Waals surface area contributed by atoms with E-state index in [1.54, 1.807) is 0 Å². The van der Waals surface area contributed by atoms with E-state index in [-0.39, 0.29) is 6.85 Å². The third-order valence-corrected chi connectivity index (χ3v) is 11.3. The lowest BCUT2D eigenvalue weighted by molar-refractivity contribution is 0.670. The molecule has 11 rings (SSSR count). The molecule has 3 nitrogen and oxygen atoms in total. The van der Waals surface area contributed by atoms with Gasteiger partial charge in [0.1, 0.15) is 11.2 Å². The van der Waals surface area contributed by atoms with Gasteiger partial charge < -0.3 is 13.8 Å². The van der Waals surface area contributed by atoms with Crippen LogP contribution in [0, 0.1) is 6.92 Å². The molecule has 9 aromatic rings. The van der Waals surface area contributed by atoms with Crippen LogP contribution in [0.3, 0.4) is 0 Å². The summed E-state index contributed by atoms with van der Waals surface area (Å²) in [6.07, 6.45) is 3.43. The zero-order chi connectivity index (χ0) is 33.8. The van der Waals surface area contributed by atoms with Gasteiger partial charge in [0.15, 0.2) is 0 Å². The van der Waals surface area contributed by atoms with Gasteiger partial charge in [-0.3, -0.25) is 0 Å². The summed E-state index contributed by atoms with van der Waals surface area (Å²) < 4.78 is 9.55. The van der Waals surface area contributed by atoms with Gasteiger partial charge in [-0.25, -0.2) is 0 Å². The van der Waals surface area contributed by atoms with E-state index in [1.807, 2.05) is 0 Å². The lowest BCUT2D eigenvalue weighted by Gasteiger charge is -2.41. The van der Waals surface area contributed by atoms with Crippen LogP contribution in [0.25, 0.3) is 66.0 Å². The zero-order valence-electron chi connectivity index (χ0n) is 28.8. The minimum atomic E-state index is -0.0517. The number of hydrogen-bond donors (Lipinski definition) is 0. The van der Waals surface area contributed by atoms with E-state index in [1.165, 1.54) is 96.0 Å². The van der Waals surface area contributed by atoms with Crippen LogP contribution in [0.4, 0.5) is 17.1 Å². The standard InChI is InChI=1S/C47H35BN2O/c1-3-4-13-30-24-29(2)25-33(26-30)49-41-23-22-32(31-14-6-5-7-15-31)27-39(41)48-45-42(49)28-38-35-17-9-11-21-43(35)51-47(38)44(45)37-19-12-18-36-34-16-8-10-20-40(34)50(48)46(36)37/h5-12,14-28H,3-4,13H2,1-2H3. The van der Waals surface area contributed by atoms with Crippen molar-refractivity contribution in [1.82, 2.24) is 4.48 Å². The Balaban J connectivity index is 1.33. The second-order valence-electron chi connectivity index (χ2n) is 14.4. The highest BCUT2D eigenvalue weighted by Crippen LogP contribution is 2.49. The molecule has 7 aromatic carbocycles. The first kappa shape index (κ1) is 28.8. The number of hydrogen-bond acceptors (Lipinski definition) is 2.